The van der Waals surface area contributed by atoms with E-state index in [0.29, 0.717) is 0 Å². The number of hydrogen-bond acceptors (Lipinski definition) is 0. The monoisotopic (exact) mass is 295 g/mol. The predicted molar refractivity (Wildman–Crippen MR) is 59.9 cm³/mol. The summed E-state index contributed by atoms with van der Waals surface area (Å²) in [6, 6.07) is 4.30. The Labute approximate surface area is 102 Å². The molecule has 0 aliphatic rings. The van der Waals surface area contributed by atoms with Gasteiger partial charge in [0.05, 0.1) is 0 Å². The van der Waals surface area contributed by atoms with Crippen LogP contribution in [-0.4, -0.2) is 0 Å². The van der Waals surface area contributed by atoms with Gasteiger partial charge in [0.25, 0.3) is 0 Å². The summed E-state index contributed by atoms with van der Waals surface area (Å²) in [6.07, 6.45) is 6.82. The second-order valence-electron chi connectivity index (χ2n) is 3.93. The Morgan fingerprint density at radius 2 is 1.39 bits per heavy atom. The summed E-state index contributed by atoms with van der Waals surface area (Å²) in [7, 11) is -10.7. The number of aryl methyl sites for hydroxylation is 2. The van der Waals surface area contributed by atoms with E-state index in [1.807, 2.05) is 0 Å². The molecule has 0 saturated carbocycles. The molecule has 0 spiro atoms. The SMILES string of the molecule is CCCC[n+]1ccc(C)cc1.F[P-](F)(F)(F)(F)F. The van der Waals surface area contributed by atoms with Crippen molar-refractivity contribution in [2.24, 2.45) is 0 Å². The van der Waals surface area contributed by atoms with Crippen LogP contribution in [0.1, 0.15) is 25.3 Å². The van der Waals surface area contributed by atoms with E-state index in [-0.39, 0.29) is 0 Å². The van der Waals surface area contributed by atoms with Gasteiger partial charge in [0, 0.05) is 18.6 Å². The molecule has 0 atom stereocenters. The van der Waals surface area contributed by atoms with E-state index in [1.54, 1.807) is 0 Å². The minimum atomic E-state index is -10.7. The van der Waals surface area contributed by atoms with Gasteiger partial charge in [-0.15, -0.1) is 0 Å². The second-order valence-corrected chi connectivity index (χ2v) is 5.84. The fourth-order valence-corrected chi connectivity index (χ4v) is 1.02. The standard InChI is InChI=1S/C10H16N.F6P/c1-3-4-7-11-8-5-10(2)6-9-11;1-7(2,3,4,5)6/h5-6,8-9H,3-4,7H2,1-2H3;/q+1;-1. The van der Waals surface area contributed by atoms with Crippen molar-refractivity contribution in [2.75, 3.05) is 0 Å². The Hall–Kier alpha value is -0.840. The van der Waals surface area contributed by atoms with Crippen LogP contribution in [0, 0.1) is 6.92 Å². The molecule has 1 rings (SSSR count). The van der Waals surface area contributed by atoms with Gasteiger partial charge in [-0.3, -0.25) is 0 Å². The molecule has 1 heterocycles. The van der Waals surface area contributed by atoms with Crippen molar-refractivity contribution in [3.05, 3.63) is 30.1 Å². The molecule has 0 radical (unpaired) electrons. The van der Waals surface area contributed by atoms with E-state index in [2.05, 4.69) is 42.9 Å². The van der Waals surface area contributed by atoms with Gasteiger partial charge in [0.15, 0.2) is 12.4 Å². The van der Waals surface area contributed by atoms with Crippen molar-refractivity contribution in [3.63, 3.8) is 0 Å². The van der Waals surface area contributed by atoms with E-state index in [9.17, 15) is 25.2 Å². The van der Waals surface area contributed by atoms with Crippen LogP contribution in [-0.2, 0) is 6.54 Å². The Morgan fingerprint density at radius 1 is 1.00 bits per heavy atom. The first-order valence-corrected chi connectivity index (χ1v) is 7.33. The zero-order valence-corrected chi connectivity index (χ0v) is 11.0. The molecule has 1 nitrogen and oxygen atoms in total. The number of unbranched alkanes of at least 4 members (excludes halogenated alkanes) is 1. The summed E-state index contributed by atoms with van der Waals surface area (Å²) < 4.78 is 61.4. The van der Waals surface area contributed by atoms with Crippen LogP contribution in [0.3, 0.4) is 0 Å². The number of hydrogen-bond donors (Lipinski definition) is 0. The van der Waals surface area contributed by atoms with Crippen LogP contribution in [0.25, 0.3) is 0 Å². The van der Waals surface area contributed by atoms with Gasteiger partial charge in [-0.25, -0.2) is 4.57 Å². The quantitative estimate of drug-likeness (QED) is 0.396. The molecule has 0 bridgehead atoms. The molecular formula is C10H16F6NP. The minimum absolute atomic E-state index is 1.15. The fourth-order valence-electron chi connectivity index (χ4n) is 1.02. The molecule has 0 aromatic carbocycles. The first kappa shape index (κ1) is 17.2. The van der Waals surface area contributed by atoms with E-state index < -0.39 is 7.81 Å². The molecule has 0 saturated heterocycles. The van der Waals surface area contributed by atoms with Crippen LogP contribution in [0.4, 0.5) is 25.2 Å². The van der Waals surface area contributed by atoms with Gasteiger partial charge >= 0.3 is 33.0 Å². The fraction of sp³-hybridized carbons (Fsp3) is 0.500. The molecule has 8 heteroatoms. The van der Waals surface area contributed by atoms with Gasteiger partial charge in [-0.1, -0.05) is 13.3 Å². The zero-order valence-electron chi connectivity index (χ0n) is 10.1. The van der Waals surface area contributed by atoms with E-state index in [0.717, 1.165) is 6.54 Å². The molecule has 0 unspecified atom stereocenters. The molecule has 0 N–H and O–H groups in total. The van der Waals surface area contributed by atoms with Crippen molar-refractivity contribution in [1.82, 2.24) is 0 Å². The molecule has 0 amide bonds. The van der Waals surface area contributed by atoms with Gasteiger partial charge in [0.1, 0.15) is 6.54 Å². The molecular weight excluding hydrogens is 279 g/mol. The Bertz CT molecular complexity index is 357. The Balaban J connectivity index is 0.000000360. The van der Waals surface area contributed by atoms with Crippen molar-refractivity contribution < 1.29 is 29.7 Å². The average molecular weight is 295 g/mol. The molecule has 1 aromatic rings. The van der Waals surface area contributed by atoms with Gasteiger partial charge in [0.2, 0.25) is 0 Å². The first-order chi connectivity index (χ1) is 7.78. The van der Waals surface area contributed by atoms with Gasteiger partial charge < -0.3 is 0 Å². The third kappa shape index (κ3) is 17.6. The van der Waals surface area contributed by atoms with Crippen LogP contribution in [0.2, 0.25) is 0 Å². The zero-order chi connectivity index (χ0) is 14.5. The van der Waals surface area contributed by atoms with Crippen LogP contribution in [0.15, 0.2) is 24.5 Å². The second kappa shape index (κ2) is 5.03. The summed E-state index contributed by atoms with van der Waals surface area (Å²) in [5, 5.41) is 0. The van der Waals surface area contributed by atoms with E-state index in [4.69, 9.17) is 0 Å². The number of rotatable bonds is 3. The van der Waals surface area contributed by atoms with Crippen LogP contribution >= 0.6 is 7.81 Å². The van der Waals surface area contributed by atoms with Crippen molar-refractivity contribution in [3.8, 4) is 0 Å². The molecule has 18 heavy (non-hydrogen) atoms. The maximum absolute atomic E-state index is 10.7. The van der Waals surface area contributed by atoms with E-state index >= 15 is 0 Å². The van der Waals surface area contributed by atoms with Crippen LogP contribution in [0.5, 0.6) is 0 Å². The third-order valence-corrected chi connectivity index (χ3v) is 1.83. The van der Waals surface area contributed by atoms with Crippen molar-refractivity contribution >= 4 is 7.81 Å². The summed E-state index contributed by atoms with van der Waals surface area (Å²) in [5.41, 5.74) is 1.33. The third-order valence-electron chi connectivity index (χ3n) is 1.83. The average Bonchev–Trinajstić information content (AvgIpc) is 2.12. The summed E-state index contributed by atoms with van der Waals surface area (Å²) in [5.74, 6) is 0. The molecule has 0 fully saturated rings. The van der Waals surface area contributed by atoms with Crippen molar-refractivity contribution in [2.45, 2.75) is 33.2 Å². The Morgan fingerprint density at radius 3 is 1.72 bits per heavy atom. The molecule has 0 aliphatic carbocycles. The molecule has 108 valence electrons. The number of halogens is 6. The Kier molecular flexibility index (Phi) is 4.80. The summed E-state index contributed by atoms with van der Waals surface area (Å²) in [6.45, 7) is 5.48. The molecule has 0 aliphatic heterocycles. The predicted octanol–water partition coefficient (Wildman–Crippen LogP) is 5.47. The number of aromatic nitrogens is 1. The number of pyridine rings is 1. The molecule has 1 aromatic heterocycles. The topological polar surface area (TPSA) is 3.88 Å². The first-order valence-electron chi connectivity index (χ1n) is 5.30. The van der Waals surface area contributed by atoms with Crippen molar-refractivity contribution in [1.29, 1.82) is 0 Å². The van der Waals surface area contributed by atoms with Crippen LogP contribution < -0.4 is 4.57 Å². The number of nitrogens with zero attached hydrogens (tertiary/aromatic N) is 1. The van der Waals surface area contributed by atoms with Gasteiger partial charge in [-0.2, -0.15) is 0 Å². The summed E-state index contributed by atoms with van der Waals surface area (Å²) in [4.78, 5) is 0. The normalized spacial score (nSPS) is 15.1. The van der Waals surface area contributed by atoms with E-state index in [1.165, 1.54) is 18.4 Å². The van der Waals surface area contributed by atoms with Gasteiger partial charge in [-0.05, 0) is 12.5 Å². The summed E-state index contributed by atoms with van der Waals surface area (Å²) >= 11 is 0. The maximum atomic E-state index is 9.87.